The fourth-order valence-corrected chi connectivity index (χ4v) is 1.92. The van der Waals surface area contributed by atoms with Gasteiger partial charge < -0.3 is 5.11 Å². The van der Waals surface area contributed by atoms with Crippen molar-refractivity contribution in [1.29, 1.82) is 0 Å². The number of carboxylic acid groups (broad SMARTS) is 1. The molecule has 1 aromatic heterocycles. The van der Waals surface area contributed by atoms with Crippen LogP contribution in [-0.2, 0) is 0 Å². The number of aryl methyl sites for hydroxylation is 1. The van der Waals surface area contributed by atoms with Crippen LogP contribution in [0, 0.1) is 6.92 Å². The molecule has 1 aromatic carbocycles. The van der Waals surface area contributed by atoms with E-state index < -0.39 is 6.09 Å². The molecule has 2 rings (SSSR count). The third-order valence-corrected chi connectivity index (χ3v) is 2.91. The van der Waals surface area contributed by atoms with E-state index in [4.69, 9.17) is 16.7 Å². The molecular weight excluding hydrogens is 240 g/mol. The first-order valence-corrected chi connectivity index (χ1v) is 5.41. The van der Waals surface area contributed by atoms with Gasteiger partial charge in [0.05, 0.1) is 11.2 Å². The van der Waals surface area contributed by atoms with Crippen molar-refractivity contribution in [2.45, 2.75) is 6.92 Å². The Hall–Kier alpha value is -1.81. The summed E-state index contributed by atoms with van der Waals surface area (Å²) >= 11 is 6.00. The number of para-hydroxylation sites is 1. The molecular formula is C12H11ClN2O2. The second kappa shape index (κ2) is 4.22. The van der Waals surface area contributed by atoms with Crippen LogP contribution in [0.1, 0.15) is 5.56 Å². The average Bonchev–Trinajstić information content (AvgIpc) is 2.28. The van der Waals surface area contributed by atoms with Crippen molar-refractivity contribution in [3.63, 3.8) is 0 Å². The number of nitrogens with zero attached hydrogens (tertiary/aromatic N) is 2. The number of carbonyl (C=O) groups is 1. The first-order chi connectivity index (χ1) is 8.00. The van der Waals surface area contributed by atoms with E-state index in [0.717, 1.165) is 21.4 Å². The summed E-state index contributed by atoms with van der Waals surface area (Å²) in [7, 11) is 1.44. The van der Waals surface area contributed by atoms with Crippen molar-refractivity contribution in [2.75, 3.05) is 11.9 Å². The van der Waals surface area contributed by atoms with Crippen LogP contribution in [0.2, 0.25) is 5.15 Å². The second-order valence-electron chi connectivity index (χ2n) is 3.79. The number of pyridine rings is 1. The molecule has 0 unspecified atom stereocenters. The Bertz CT molecular complexity index is 598. The quantitative estimate of drug-likeness (QED) is 0.790. The van der Waals surface area contributed by atoms with Gasteiger partial charge in [-0.3, -0.25) is 4.90 Å². The molecule has 0 fully saturated rings. The number of benzene rings is 1. The number of rotatable bonds is 1. The molecule has 88 valence electrons. The molecule has 0 aliphatic heterocycles. The SMILES string of the molecule is Cc1cccc2cc(N(C)C(=O)O)c(Cl)nc12. The number of hydrogen-bond acceptors (Lipinski definition) is 2. The van der Waals surface area contributed by atoms with Crippen LogP contribution in [0.4, 0.5) is 10.5 Å². The summed E-state index contributed by atoms with van der Waals surface area (Å²) in [6.45, 7) is 1.94. The summed E-state index contributed by atoms with van der Waals surface area (Å²) in [6.07, 6.45) is -1.07. The predicted octanol–water partition coefficient (Wildman–Crippen LogP) is 3.31. The van der Waals surface area contributed by atoms with Crippen LogP contribution in [0.25, 0.3) is 10.9 Å². The first-order valence-electron chi connectivity index (χ1n) is 5.03. The van der Waals surface area contributed by atoms with Gasteiger partial charge >= 0.3 is 6.09 Å². The van der Waals surface area contributed by atoms with E-state index in [1.165, 1.54) is 7.05 Å². The lowest BCUT2D eigenvalue weighted by atomic mass is 10.1. The first kappa shape index (κ1) is 11.7. The van der Waals surface area contributed by atoms with E-state index >= 15 is 0 Å². The topological polar surface area (TPSA) is 53.4 Å². The van der Waals surface area contributed by atoms with Gasteiger partial charge in [0.15, 0.2) is 5.15 Å². The lowest BCUT2D eigenvalue weighted by molar-refractivity contribution is 0.203. The fraction of sp³-hybridized carbons (Fsp3) is 0.167. The number of hydrogen-bond donors (Lipinski definition) is 1. The van der Waals surface area contributed by atoms with Crippen LogP contribution < -0.4 is 4.90 Å². The third kappa shape index (κ3) is 2.03. The zero-order chi connectivity index (χ0) is 12.6. The van der Waals surface area contributed by atoms with Gasteiger partial charge in [0, 0.05) is 12.4 Å². The zero-order valence-electron chi connectivity index (χ0n) is 9.44. The maximum Gasteiger partial charge on any atom is 0.411 e. The number of aromatic nitrogens is 1. The predicted molar refractivity (Wildman–Crippen MR) is 67.9 cm³/mol. The molecule has 0 spiro atoms. The Kier molecular flexibility index (Phi) is 2.90. The minimum atomic E-state index is -1.07. The van der Waals surface area contributed by atoms with Crippen LogP contribution in [-0.4, -0.2) is 23.2 Å². The van der Waals surface area contributed by atoms with E-state index in [1.54, 1.807) is 6.07 Å². The van der Waals surface area contributed by atoms with Crippen LogP contribution >= 0.6 is 11.6 Å². The van der Waals surface area contributed by atoms with Crippen LogP contribution in [0.5, 0.6) is 0 Å². The van der Waals surface area contributed by atoms with Gasteiger partial charge in [-0.2, -0.15) is 0 Å². The monoisotopic (exact) mass is 250 g/mol. The number of anilines is 1. The Morgan fingerprint density at radius 3 is 2.82 bits per heavy atom. The number of amides is 1. The molecule has 2 aromatic rings. The van der Waals surface area contributed by atoms with Gasteiger partial charge in [0.25, 0.3) is 0 Å². The highest BCUT2D eigenvalue weighted by Crippen LogP contribution is 2.28. The summed E-state index contributed by atoms with van der Waals surface area (Å²) < 4.78 is 0. The summed E-state index contributed by atoms with van der Waals surface area (Å²) in [5.74, 6) is 0. The molecule has 0 saturated carbocycles. The highest BCUT2D eigenvalue weighted by Gasteiger charge is 2.14. The molecule has 0 bridgehead atoms. The summed E-state index contributed by atoms with van der Waals surface area (Å²) in [6, 6.07) is 7.45. The lowest BCUT2D eigenvalue weighted by Gasteiger charge is -2.15. The molecule has 4 nitrogen and oxygen atoms in total. The summed E-state index contributed by atoms with van der Waals surface area (Å²) in [4.78, 5) is 16.2. The normalized spacial score (nSPS) is 10.5. The van der Waals surface area contributed by atoms with Gasteiger partial charge in [0.1, 0.15) is 0 Å². The largest absolute Gasteiger partial charge is 0.465 e. The minimum Gasteiger partial charge on any atom is -0.465 e. The maximum atomic E-state index is 10.9. The molecule has 1 N–H and O–H groups in total. The van der Waals surface area contributed by atoms with Crippen molar-refractivity contribution in [3.8, 4) is 0 Å². The standard InChI is InChI=1S/C12H11ClN2O2/c1-7-4-3-5-8-6-9(15(2)12(16)17)11(13)14-10(7)8/h3-6H,1-2H3,(H,16,17). The van der Waals surface area contributed by atoms with Crippen LogP contribution in [0.3, 0.4) is 0 Å². The Morgan fingerprint density at radius 1 is 1.47 bits per heavy atom. The van der Waals surface area contributed by atoms with Gasteiger partial charge in [-0.15, -0.1) is 0 Å². The Morgan fingerprint density at radius 2 is 2.18 bits per heavy atom. The number of halogens is 1. The van der Waals surface area contributed by atoms with Gasteiger partial charge in [-0.25, -0.2) is 9.78 Å². The Labute approximate surface area is 103 Å². The molecule has 0 aliphatic rings. The molecule has 0 aliphatic carbocycles. The van der Waals surface area contributed by atoms with Crippen molar-refractivity contribution in [2.24, 2.45) is 0 Å². The molecule has 0 atom stereocenters. The smallest absolute Gasteiger partial charge is 0.411 e. The highest BCUT2D eigenvalue weighted by atomic mass is 35.5. The Balaban J connectivity index is 2.68. The second-order valence-corrected chi connectivity index (χ2v) is 4.14. The highest BCUT2D eigenvalue weighted by molar-refractivity contribution is 6.33. The zero-order valence-corrected chi connectivity index (χ0v) is 10.2. The lowest BCUT2D eigenvalue weighted by Crippen LogP contribution is -2.24. The van der Waals surface area contributed by atoms with Crippen molar-refractivity contribution in [1.82, 2.24) is 4.98 Å². The molecule has 0 saturated heterocycles. The van der Waals surface area contributed by atoms with Gasteiger partial charge in [0.2, 0.25) is 0 Å². The number of fused-ring (bicyclic) bond motifs is 1. The van der Waals surface area contributed by atoms with E-state index in [9.17, 15) is 4.79 Å². The van der Waals surface area contributed by atoms with Gasteiger partial charge in [-0.05, 0) is 18.6 Å². The molecule has 1 heterocycles. The van der Waals surface area contributed by atoms with Crippen molar-refractivity contribution >= 4 is 34.3 Å². The molecule has 1 amide bonds. The minimum absolute atomic E-state index is 0.191. The van der Waals surface area contributed by atoms with Crippen molar-refractivity contribution < 1.29 is 9.90 Å². The third-order valence-electron chi connectivity index (χ3n) is 2.63. The summed E-state index contributed by atoms with van der Waals surface area (Å²) in [5.41, 5.74) is 2.19. The van der Waals surface area contributed by atoms with E-state index in [2.05, 4.69) is 4.98 Å². The van der Waals surface area contributed by atoms with E-state index in [0.29, 0.717) is 5.69 Å². The summed E-state index contributed by atoms with van der Waals surface area (Å²) in [5, 5.41) is 9.99. The maximum absolute atomic E-state index is 10.9. The van der Waals surface area contributed by atoms with Crippen LogP contribution in [0.15, 0.2) is 24.3 Å². The van der Waals surface area contributed by atoms with Gasteiger partial charge in [-0.1, -0.05) is 29.8 Å². The van der Waals surface area contributed by atoms with E-state index in [1.807, 2.05) is 25.1 Å². The van der Waals surface area contributed by atoms with E-state index in [-0.39, 0.29) is 5.15 Å². The fourth-order valence-electron chi connectivity index (χ4n) is 1.65. The molecule has 17 heavy (non-hydrogen) atoms. The average molecular weight is 251 g/mol. The molecule has 0 radical (unpaired) electrons. The molecule has 5 heteroatoms. The van der Waals surface area contributed by atoms with Crippen molar-refractivity contribution in [3.05, 3.63) is 35.0 Å².